The zero-order chi connectivity index (χ0) is 28.6. The van der Waals surface area contributed by atoms with Gasteiger partial charge in [0.15, 0.2) is 0 Å². The van der Waals surface area contributed by atoms with Gasteiger partial charge in [0, 0.05) is 13.1 Å². The van der Waals surface area contributed by atoms with E-state index in [0.29, 0.717) is 34.3 Å². The van der Waals surface area contributed by atoms with Crippen LogP contribution in [-0.2, 0) is 26.2 Å². The maximum absolute atomic E-state index is 13.9. The first-order chi connectivity index (χ1) is 18.6. The Balaban J connectivity index is 2.06. The molecule has 3 aromatic rings. The van der Waals surface area contributed by atoms with Crippen molar-refractivity contribution in [2.24, 2.45) is 0 Å². The molecule has 208 valence electrons. The SMILES string of the molecule is CCNC(=O)C(CC)N(Cc1ccc(Cl)c(Cl)c1)C(=O)CN(c1ccc(OC)cc1)S(=O)(=O)c1ccccc1. The van der Waals surface area contributed by atoms with Gasteiger partial charge in [-0.25, -0.2) is 8.42 Å². The van der Waals surface area contributed by atoms with E-state index in [2.05, 4.69) is 5.32 Å². The zero-order valence-electron chi connectivity index (χ0n) is 21.9. The molecular formula is C28H31Cl2N3O5S. The highest BCUT2D eigenvalue weighted by Crippen LogP contribution is 2.27. The molecule has 1 atom stereocenters. The topological polar surface area (TPSA) is 96.0 Å². The van der Waals surface area contributed by atoms with Crippen LogP contribution >= 0.6 is 23.2 Å². The van der Waals surface area contributed by atoms with Gasteiger partial charge in [-0.05, 0) is 67.4 Å². The molecule has 0 fully saturated rings. The fraction of sp³-hybridized carbons (Fsp3) is 0.286. The molecule has 0 spiro atoms. The molecule has 0 bridgehead atoms. The highest BCUT2D eigenvalue weighted by molar-refractivity contribution is 7.92. The lowest BCUT2D eigenvalue weighted by Crippen LogP contribution is -2.52. The predicted molar refractivity (Wildman–Crippen MR) is 154 cm³/mol. The summed E-state index contributed by atoms with van der Waals surface area (Å²) in [4.78, 5) is 28.3. The molecular weight excluding hydrogens is 561 g/mol. The maximum Gasteiger partial charge on any atom is 0.264 e. The summed E-state index contributed by atoms with van der Waals surface area (Å²) in [6.07, 6.45) is 0.312. The first-order valence-corrected chi connectivity index (χ1v) is 14.5. The average Bonchev–Trinajstić information content (AvgIpc) is 2.94. The third-order valence-corrected chi connectivity index (χ3v) is 8.57. The molecule has 3 rings (SSSR count). The number of likely N-dealkylation sites (N-methyl/N-ethyl adjacent to an activating group) is 1. The quantitative estimate of drug-likeness (QED) is 0.314. The average molecular weight is 593 g/mol. The Kier molecular flexibility index (Phi) is 10.6. The van der Waals surface area contributed by atoms with Gasteiger partial charge in [0.05, 0.1) is 27.7 Å². The number of nitrogens with one attached hydrogen (secondary N) is 1. The van der Waals surface area contributed by atoms with Crippen LogP contribution in [-0.4, -0.2) is 51.4 Å². The Morgan fingerprint density at radius 3 is 2.18 bits per heavy atom. The van der Waals surface area contributed by atoms with Crippen LogP contribution in [0, 0.1) is 0 Å². The number of benzene rings is 3. The highest BCUT2D eigenvalue weighted by Gasteiger charge is 2.33. The Labute approximate surface area is 239 Å². The Hall–Kier alpha value is -3.27. The molecule has 0 aliphatic carbocycles. The van der Waals surface area contributed by atoms with Gasteiger partial charge in [0.25, 0.3) is 10.0 Å². The van der Waals surface area contributed by atoms with E-state index in [1.807, 2.05) is 0 Å². The van der Waals surface area contributed by atoms with Gasteiger partial charge in [-0.15, -0.1) is 0 Å². The fourth-order valence-electron chi connectivity index (χ4n) is 4.04. The second-order valence-corrected chi connectivity index (χ2v) is 11.3. The summed E-state index contributed by atoms with van der Waals surface area (Å²) in [5.41, 5.74) is 0.913. The summed E-state index contributed by atoms with van der Waals surface area (Å²) >= 11 is 12.3. The Morgan fingerprint density at radius 1 is 0.949 bits per heavy atom. The minimum atomic E-state index is -4.14. The minimum Gasteiger partial charge on any atom is -0.497 e. The number of amides is 2. The van der Waals surface area contributed by atoms with Crippen molar-refractivity contribution >= 4 is 50.7 Å². The van der Waals surface area contributed by atoms with Crippen LogP contribution in [0.2, 0.25) is 10.0 Å². The zero-order valence-corrected chi connectivity index (χ0v) is 24.3. The van der Waals surface area contributed by atoms with Crippen LogP contribution in [0.1, 0.15) is 25.8 Å². The molecule has 0 radical (unpaired) electrons. The third kappa shape index (κ3) is 7.44. The molecule has 1 unspecified atom stereocenters. The van der Waals surface area contributed by atoms with Crippen LogP contribution < -0.4 is 14.4 Å². The normalized spacial score (nSPS) is 11.9. The lowest BCUT2D eigenvalue weighted by molar-refractivity contribution is -0.140. The van der Waals surface area contributed by atoms with E-state index in [1.54, 1.807) is 74.5 Å². The largest absolute Gasteiger partial charge is 0.497 e. The first-order valence-electron chi connectivity index (χ1n) is 12.3. The first kappa shape index (κ1) is 30.3. The number of anilines is 1. The Morgan fingerprint density at radius 2 is 1.62 bits per heavy atom. The molecule has 39 heavy (non-hydrogen) atoms. The van der Waals surface area contributed by atoms with Crippen LogP contribution in [0.15, 0.2) is 77.7 Å². The van der Waals surface area contributed by atoms with E-state index in [9.17, 15) is 18.0 Å². The number of halogens is 2. The summed E-state index contributed by atoms with van der Waals surface area (Å²) in [6, 6.07) is 18.3. The summed E-state index contributed by atoms with van der Waals surface area (Å²) in [5, 5.41) is 3.43. The molecule has 0 heterocycles. The van der Waals surface area contributed by atoms with Crippen LogP contribution in [0.3, 0.4) is 0 Å². The van der Waals surface area contributed by atoms with Crippen LogP contribution in [0.5, 0.6) is 5.75 Å². The van der Waals surface area contributed by atoms with Crippen molar-refractivity contribution in [3.63, 3.8) is 0 Å². The number of methoxy groups -OCH3 is 1. The van der Waals surface area contributed by atoms with E-state index < -0.39 is 28.5 Å². The number of carbonyl (C=O) groups is 2. The lowest BCUT2D eigenvalue weighted by atomic mass is 10.1. The van der Waals surface area contributed by atoms with Crippen molar-refractivity contribution < 1.29 is 22.7 Å². The fourth-order valence-corrected chi connectivity index (χ4v) is 5.80. The van der Waals surface area contributed by atoms with E-state index in [4.69, 9.17) is 27.9 Å². The van der Waals surface area contributed by atoms with Gasteiger partial charge in [0.1, 0.15) is 18.3 Å². The molecule has 0 saturated carbocycles. The van der Waals surface area contributed by atoms with Crippen molar-refractivity contribution in [1.29, 1.82) is 0 Å². The van der Waals surface area contributed by atoms with Gasteiger partial charge in [-0.2, -0.15) is 0 Å². The van der Waals surface area contributed by atoms with Crippen molar-refractivity contribution in [3.05, 3.63) is 88.4 Å². The van der Waals surface area contributed by atoms with Gasteiger partial charge in [0.2, 0.25) is 11.8 Å². The summed E-state index contributed by atoms with van der Waals surface area (Å²) < 4.78 is 33.8. The molecule has 0 aliphatic rings. The second kappa shape index (κ2) is 13.7. The van der Waals surface area contributed by atoms with Gasteiger partial charge >= 0.3 is 0 Å². The Bertz CT molecular complexity index is 1390. The molecule has 2 amide bonds. The number of ether oxygens (including phenoxy) is 1. The van der Waals surface area contributed by atoms with E-state index >= 15 is 0 Å². The maximum atomic E-state index is 13.9. The predicted octanol–water partition coefficient (Wildman–Crippen LogP) is 5.14. The summed E-state index contributed by atoms with van der Waals surface area (Å²) in [6.45, 7) is 3.43. The van der Waals surface area contributed by atoms with Crippen LogP contribution in [0.4, 0.5) is 5.69 Å². The van der Waals surface area contributed by atoms with Crippen LogP contribution in [0.25, 0.3) is 0 Å². The van der Waals surface area contributed by atoms with E-state index in [1.165, 1.54) is 24.1 Å². The minimum absolute atomic E-state index is 0.0210. The smallest absolute Gasteiger partial charge is 0.264 e. The molecule has 1 N–H and O–H groups in total. The standard InChI is InChI=1S/C28H31Cl2N3O5S/c1-4-26(28(35)31-5-2)32(18-20-11-16-24(29)25(30)17-20)27(34)19-33(21-12-14-22(38-3)15-13-21)39(36,37)23-9-7-6-8-10-23/h6-17,26H,4-5,18-19H2,1-3H3,(H,31,35). The monoisotopic (exact) mass is 591 g/mol. The number of nitrogens with zero attached hydrogens (tertiary/aromatic N) is 2. The van der Waals surface area contributed by atoms with Crippen molar-refractivity contribution in [1.82, 2.24) is 10.2 Å². The molecule has 3 aromatic carbocycles. The highest BCUT2D eigenvalue weighted by atomic mass is 35.5. The number of sulfonamides is 1. The molecule has 0 saturated heterocycles. The summed E-state index contributed by atoms with van der Waals surface area (Å²) in [5.74, 6) is -0.365. The van der Waals surface area contributed by atoms with Crippen molar-refractivity contribution in [2.45, 2.75) is 37.8 Å². The van der Waals surface area contributed by atoms with Crippen molar-refractivity contribution in [3.8, 4) is 5.75 Å². The van der Waals surface area contributed by atoms with Crippen molar-refractivity contribution in [2.75, 3.05) is 24.5 Å². The van der Waals surface area contributed by atoms with E-state index in [0.717, 1.165) is 4.31 Å². The molecule has 0 aromatic heterocycles. The molecule has 0 aliphatic heterocycles. The van der Waals surface area contributed by atoms with Gasteiger partial charge in [-0.1, -0.05) is 54.4 Å². The molecule has 11 heteroatoms. The van der Waals surface area contributed by atoms with Gasteiger partial charge in [-0.3, -0.25) is 13.9 Å². The molecule has 8 nitrogen and oxygen atoms in total. The number of hydrogen-bond donors (Lipinski definition) is 1. The summed E-state index contributed by atoms with van der Waals surface area (Å²) in [7, 11) is -2.64. The van der Waals surface area contributed by atoms with E-state index in [-0.39, 0.29) is 23.0 Å². The number of carbonyl (C=O) groups excluding carboxylic acids is 2. The number of rotatable bonds is 12. The lowest BCUT2D eigenvalue weighted by Gasteiger charge is -2.33. The number of hydrogen-bond acceptors (Lipinski definition) is 5. The third-order valence-electron chi connectivity index (χ3n) is 6.04. The van der Waals surface area contributed by atoms with Gasteiger partial charge < -0.3 is 15.0 Å². The second-order valence-electron chi connectivity index (χ2n) is 8.61.